The fourth-order valence-electron chi connectivity index (χ4n) is 3.12. The third kappa shape index (κ3) is 4.31. The highest BCUT2D eigenvalue weighted by Gasteiger charge is 2.32. The number of aromatic amines is 1. The highest BCUT2D eigenvalue weighted by atomic mass is 16.5. The lowest BCUT2D eigenvalue weighted by atomic mass is 9.90. The van der Waals surface area contributed by atoms with Crippen LogP contribution in [-0.2, 0) is 4.74 Å². The Kier molecular flexibility index (Phi) is 5.71. The van der Waals surface area contributed by atoms with Crippen LogP contribution in [0.3, 0.4) is 0 Å². The molecule has 1 amide bonds. The second-order valence-corrected chi connectivity index (χ2v) is 6.98. The molecule has 3 heterocycles. The number of pyridine rings is 1. The van der Waals surface area contributed by atoms with Gasteiger partial charge in [0.1, 0.15) is 11.5 Å². The first-order valence-electron chi connectivity index (χ1n) is 9.57. The average molecular weight is 407 g/mol. The van der Waals surface area contributed by atoms with E-state index in [0.29, 0.717) is 22.8 Å². The maximum atomic E-state index is 12.8. The first-order chi connectivity index (χ1) is 14.6. The van der Waals surface area contributed by atoms with Gasteiger partial charge in [-0.15, -0.1) is 0 Å². The Bertz CT molecular complexity index is 1050. The van der Waals surface area contributed by atoms with Gasteiger partial charge in [0.25, 0.3) is 5.91 Å². The van der Waals surface area contributed by atoms with Gasteiger partial charge in [0, 0.05) is 32.3 Å². The molecular formula is C21H23N6O3+. The van der Waals surface area contributed by atoms with Crippen molar-refractivity contribution in [1.29, 1.82) is 0 Å². The van der Waals surface area contributed by atoms with Crippen LogP contribution in [0.1, 0.15) is 29.1 Å². The lowest BCUT2D eigenvalue weighted by Crippen LogP contribution is -2.81. The van der Waals surface area contributed by atoms with Crippen LogP contribution in [0.2, 0.25) is 0 Å². The summed E-state index contributed by atoms with van der Waals surface area (Å²) in [6.07, 6.45) is 8.71. The van der Waals surface area contributed by atoms with E-state index in [0.717, 1.165) is 18.4 Å². The number of methoxy groups -OCH3 is 1. The number of hydrogen-bond acceptors (Lipinski definition) is 6. The molecule has 30 heavy (non-hydrogen) atoms. The summed E-state index contributed by atoms with van der Waals surface area (Å²) in [5, 5.41) is 9.43. The number of amides is 1. The molecule has 0 saturated heterocycles. The number of ether oxygens (including phenoxy) is 1. The number of allylic oxidation sites excluding steroid dienone is 1. The van der Waals surface area contributed by atoms with Gasteiger partial charge in [0.05, 0.1) is 29.3 Å². The standard InChI is InChI=1S/C21H22N6O3/c1-29-15-8-14(9-15)24-12-17(20(22)16-4-2-3-7-23-16)27-21(28)19-6-5-18(30-19)13-10-25-26-11-13/h2-7,10-12,14-15H,8-9,22H2,1H3,(H,25,26)(H,27,28)/p+1. The second kappa shape index (κ2) is 8.75. The summed E-state index contributed by atoms with van der Waals surface area (Å²) in [5.41, 5.74) is 8.39. The highest BCUT2D eigenvalue weighted by molar-refractivity contribution is 5.99. The Labute approximate surface area is 173 Å². The molecule has 3 aromatic rings. The summed E-state index contributed by atoms with van der Waals surface area (Å²) in [6.45, 7) is 0. The van der Waals surface area contributed by atoms with Gasteiger partial charge in [0.15, 0.2) is 18.0 Å². The van der Waals surface area contributed by atoms with Crippen LogP contribution in [0.15, 0.2) is 59.0 Å². The van der Waals surface area contributed by atoms with Gasteiger partial charge >= 0.3 is 0 Å². The number of nitrogens with one attached hydrogen (secondary N) is 3. The summed E-state index contributed by atoms with van der Waals surface area (Å²) < 4.78 is 11.0. The number of carbonyl (C=O) groups is 1. The minimum absolute atomic E-state index is 0.161. The molecule has 0 radical (unpaired) electrons. The van der Waals surface area contributed by atoms with Crippen LogP contribution in [0.4, 0.5) is 0 Å². The zero-order valence-electron chi connectivity index (χ0n) is 16.5. The molecule has 1 aliphatic carbocycles. The van der Waals surface area contributed by atoms with Crippen molar-refractivity contribution in [2.45, 2.75) is 25.0 Å². The molecule has 1 fully saturated rings. The summed E-state index contributed by atoms with van der Waals surface area (Å²) in [5.74, 6) is 0.286. The Morgan fingerprint density at radius 1 is 1.37 bits per heavy atom. The molecule has 0 spiro atoms. The Hall–Kier alpha value is -3.72. The number of carbonyl (C=O) groups excluding carboxylic acids is 1. The molecule has 1 saturated carbocycles. The van der Waals surface area contributed by atoms with Crippen molar-refractivity contribution in [2.75, 3.05) is 7.11 Å². The zero-order chi connectivity index (χ0) is 20.9. The van der Waals surface area contributed by atoms with Gasteiger partial charge in [-0.3, -0.25) is 14.9 Å². The molecule has 4 rings (SSSR count). The van der Waals surface area contributed by atoms with Crippen LogP contribution < -0.4 is 16.0 Å². The number of rotatable bonds is 7. The Morgan fingerprint density at radius 2 is 2.23 bits per heavy atom. The van der Waals surface area contributed by atoms with Crippen LogP contribution >= 0.6 is 0 Å². The smallest absolute Gasteiger partial charge is 0.291 e. The van der Waals surface area contributed by atoms with Crippen molar-refractivity contribution in [3.63, 3.8) is 0 Å². The third-order valence-corrected chi connectivity index (χ3v) is 4.98. The maximum Gasteiger partial charge on any atom is 0.291 e. The van der Waals surface area contributed by atoms with Gasteiger partial charge in [0.2, 0.25) is 0 Å². The van der Waals surface area contributed by atoms with E-state index in [4.69, 9.17) is 14.9 Å². The van der Waals surface area contributed by atoms with Crippen molar-refractivity contribution in [3.05, 3.63) is 66.1 Å². The van der Waals surface area contributed by atoms with Gasteiger partial charge in [-0.2, -0.15) is 5.10 Å². The lowest BCUT2D eigenvalue weighted by Gasteiger charge is -2.26. The molecule has 0 aromatic carbocycles. The first kappa shape index (κ1) is 19.6. The monoisotopic (exact) mass is 407 g/mol. The van der Waals surface area contributed by atoms with Gasteiger partial charge in [-0.05, 0) is 24.3 Å². The van der Waals surface area contributed by atoms with E-state index >= 15 is 0 Å². The van der Waals surface area contributed by atoms with Crippen LogP contribution in [0.25, 0.3) is 17.0 Å². The second-order valence-electron chi connectivity index (χ2n) is 6.98. The highest BCUT2D eigenvalue weighted by Crippen LogP contribution is 2.21. The summed E-state index contributed by atoms with van der Waals surface area (Å²) in [4.78, 5) is 20.4. The molecule has 0 bridgehead atoms. The van der Waals surface area contributed by atoms with Crippen molar-refractivity contribution in [2.24, 2.45) is 5.73 Å². The largest absolute Gasteiger partial charge is 0.451 e. The van der Waals surface area contributed by atoms with Crippen molar-refractivity contribution >= 4 is 17.8 Å². The van der Waals surface area contributed by atoms with E-state index in [1.807, 2.05) is 6.07 Å². The molecule has 0 unspecified atom stereocenters. The summed E-state index contributed by atoms with van der Waals surface area (Å²) >= 11 is 0. The lowest BCUT2D eigenvalue weighted by molar-refractivity contribution is -0.520. The molecule has 5 N–H and O–H groups in total. The van der Waals surface area contributed by atoms with Crippen LogP contribution in [0.5, 0.6) is 0 Å². The predicted octanol–water partition coefficient (Wildman–Crippen LogP) is 0.451. The maximum absolute atomic E-state index is 12.8. The van der Waals surface area contributed by atoms with E-state index in [9.17, 15) is 4.79 Å². The van der Waals surface area contributed by atoms with Crippen LogP contribution in [0, 0.1) is 0 Å². The van der Waals surface area contributed by atoms with E-state index in [-0.39, 0.29) is 17.9 Å². The minimum Gasteiger partial charge on any atom is -0.451 e. The molecule has 1 aliphatic rings. The predicted molar refractivity (Wildman–Crippen MR) is 110 cm³/mol. The topological polar surface area (TPSA) is 133 Å². The summed E-state index contributed by atoms with van der Waals surface area (Å²) in [7, 11) is 1.70. The molecule has 154 valence electrons. The molecular weight excluding hydrogens is 384 g/mol. The molecule has 9 heteroatoms. The number of nitrogens with zero attached hydrogens (tertiary/aromatic N) is 2. The zero-order valence-corrected chi connectivity index (χ0v) is 16.5. The van der Waals surface area contributed by atoms with Crippen molar-refractivity contribution in [3.8, 4) is 11.3 Å². The first-order valence-corrected chi connectivity index (χ1v) is 9.57. The Balaban J connectivity index is 1.55. The number of nitrogens with two attached hydrogens (primary N) is 1. The minimum atomic E-state index is -0.417. The van der Waals surface area contributed by atoms with E-state index < -0.39 is 5.91 Å². The SMILES string of the molecule is COC1CC([NH+]=CC(NC(=O)c2ccc(-c3cn[nH]c3)o2)=C(N)c2ccccn2)C1. The fourth-order valence-corrected chi connectivity index (χ4v) is 3.12. The molecule has 9 nitrogen and oxygen atoms in total. The third-order valence-electron chi connectivity index (χ3n) is 4.98. The van der Waals surface area contributed by atoms with E-state index in [1.54, 1.807) is 56.2 Å². The van der Waals surface area contributed by atoms with Crippen LogP contribution in [-0.4, -0.2) is 46.6 Å². The van der Waals surface area contributed by atoms with Gasteiger partial charge in [-0.25, -0.2) is 4.99 Å². The quantitative estimate of drug-likeness (QED) is 0.420. The van der Waals surface area contributed by atoms with Gasteiger partial charge < -0.3 is 20.2 Å². The van der Waals surface area contributed by atoms with E-state index in [2.05, 4.69) is 25.5 Å². The molecule has 0 atom stereocenters. The number of hydrogen-bond donors (Lipinski definition) is 4. The fraction of sp³-hybridized carbons (Fsp3) is 0.238. The molecule has 0 aliphatic heterocycles. The van der Waals surface area contributed by atoms with Gasteiger partial charge in [-0.1, -0.05) is 6.07 Å². The number of aromatic nitrogens is 3. The average Bonchev–Trinajstić information content (AvgIpc) is 3.43. The van der Waals surface area contributed by atoms with Crippen molar-refractivity contribution < 1.29 is 18.9 Å². The Morgan fingerprint density at radius 3 is 2.93 bits per heavy atom. The van der Waals surface area contributed by atoms with Crippen molar-refractivity contribution in [1.82, 2.24) is 20.5 Å². The number of furan rings is 1. The summed E-state index contributed by atoms with van der Waals surface area (Å²) in [6, 6.07) is 9.00. The normalized spacial score (nSPS) is 19.4. The molecule has 3 aromatic heterocycles. The number of H-pyrrole nitrogens is 1. The van der Waals surface area contributed by atoms with E-state index in [1.165, 1.54) is 0 Å².